The van der Waals surface area contributed by atoms with Crippen LogP contribution in [-0.2, 0) is 9.59 Å². The molecule has 0 aliphatic rings. The minimum absolute atomic E-state index is 0.0657. The summed E-state index contributed by atoms with van der Waals surface area (Å²) >= 11 is 8.73. The summed E-state index contributed by atoms with van der Waals surface area (Å²) in [5.41, 5.74) is 3.27. The summed E-state index contributed by atoms with van der Waals surface area (Å²) < 4.78 is 5.42. The summed E-state index contributed by atoms with van der Waals surface area (Å²) in [6.07, 6.45) is 1.58. The van der Waals surface area contributed by atoms with Crippen molar-refractivity contribution in [3.63, 3.8) is 0 Å². The number of aromatic nitrogens is 1. The number of halogens is 1. The number of hydrogen-bond donors (Lipinski definition) is 3. The highest BCUT2D eigenvalue weighted by Crippen LogP contribution is 2.32. The fourth-order valence-corrected chi connectivity index (χ4v) is 5.97. The van der Waals surface area contributed by atoms with Crippen LogP contribution >= 0.6 is 34.7 Å². The second-order valence-corrected chi connectivity index (χ2v) is 12.6. The van der Waals surface area contributed by atoms with Crippen LogP contribution in [0.25, 0.3) is 17.3 Å². The Balaban J connectivity index is 1.21. The summed E-state index contributed by atoms with van der Waals surface area (Å²) in [7, 11) is 1.61. The smallest absolute Gasteiger partial charge is 0.272 e. The third-order valence-corrected chi connectivity index (χ3v) is 8.74. The molecule has 3 amide bonds. The molecule has 0 aliphatic carbocycles. The van der Waals surface area contributed by atoms with Gasteiger partial charge in [-0.25, -0.2) is 4.98 Å². The Hall–Kier alpha value is -4.90. The number of hydrogen-bond acceptors (Lipinski definition) is 7. The number of rotatable bonds is 11. The fraction of sp³-hybridized carbons (Fsp3) is 0.0857. The van der Waals surface area contributed by atoms with Gasteiger partial charge in [0.25, 0.3) is 11.8 Å². The topological polar surface area (TPSA) is 109 Å². The SMILES string of the molecule is COc1ccccc1-c1csc(NC(=O)C(C)Sc2ccc(NC(=O)/C(=C/c3ccc(Cl)cc3)NC(=O)c3ccccc3)cc2)n1. The molecule has 0 fully saturated rings. The molecule has 1 atom stereocenters. The molecule has 0 radical (unpaired) electrons. The zero-order chi connectivity index (χ0) is 32.5. The number of thioether (sulfide) groups is 1. The van der Waals surface area contributed by atoms with Crippen molar-refractivity contribution in [1.82, 2.24) is 10.3 Å². The first-order chi connectivity index (χ1) is 22.3. The lowest BCUT2D eigenvalue weighted by molar-refractivity contribution is -0.115. The quantitative estimate of drug-likeness (QED) is 0.0972. The van der Waals surface area contributed by atoms with Gasteiger partial charge in [0.1, 0.15) is 11.4 Å². The molecule has 11 heteroatoms. The Bertz CT molecular complexity index is 1860. The first-order valence-corrected chi connectivity index (χ1v) is 16.2. The van der Waals surface area contributed by atoms with Gasteiger partial charge in [-0.2, -0.15) is 0 Å². The number of nitrogens with one attached hydrogen (secondary N) is 3. The van der Waals surface area contributed by atoms with Crippen LogP contribution in [0.3, 0.4) is 0 Å². The molecule has 0 bridgehead atoms. The van der Waals surface area contributed by atoms with Crippen LogP contribution < -0.4 is 20.7 Å². The van der Waals surface area contributed by atoms with E-state index in [1.54, 1.807) is 73.8 Å². The van der Waals surface area contributed by atoms with E-state index in [9.17, 15) is 14.4 Å². The van der Waals surface area contributed by atoms with Gasteiger partial charge in [0, 0.05) is 32.1 Å². The van der Waals surface area contributed by atoms with Crippen LogP contribution in [0.15, 0.2) is 119 Å². The number of anilines is 2. The summed E-state index contributed by atoms with van der Waals surface area (Å²) in [4.78, 5) is 44.5. The maximum Gasteiger partial charge on any atom is 0.272 e. The molecule has 0 saturated heterocycles. The zero-order valence-corrected chi connectivity index (χ0v) is 27.2. The highest BCUT2D eigenvalue weighted by molar-refractivity contribution is 8.00. The minimum Gasteiger partial charge on any atom is -0.496 e. The van der Waals surface area contributed by atoms with E-state index >= 15 is 0 Å². The number of para-hydroxylation sites is 1. The van der Waals surface area contributed by atoms with Crippen molar-refractivity contribution >= 4 is 69.3 Å². The van der Waals surface area contributed by atoms with Gasteiger partial charge in [-0.05, 0) is 79.2 Å². The summed E-state index contributed by atoms with van der Waals surface area (Å²) in [5, 5.41) is 11.0. The predicted molar refractivity (Wildman–Crippen MR) is 186 cm³/mol. The Morgan fingerprint density at radius 1 is 0.891 bits per heavy atom. The summed E-state index contributed by atoms with van der Waals surface area (Å²) in [6.45, 7) is 1.81. The van der Waals surface area contributed by atoms with Crippen LogP contribution in [0.5, 0.6) is 5.75 Å². The second-order valence-electron chi connectivity index (χ2n) is 9.90. The van der Waals surface area contributed by atoms with Crippen molar-refractivity contribution in [2.45, 2.75) is 17.1 Å². The van der Waals surface area contributed by atoms with Crippen LogP contribution in [0.1, 0.15) is 22.8 Å². The van der Waals surface area contributed by atoms with Gasteiger partial charge < -0.3 is 20.7 Å². The van der Waals surface area contributed by atoms with Crippen LogP contribution in [0, 0.1) is 0 Å². The number of methoxy groups -OCH3 is 1. The average molecular weight is 669 g/mol. The predicted octanol–water partition coefficient (Wildman–Crippen LogP) is 8.00. The highest BCUT2D eigenvalue weighted by atomic mass is 35.5. The van der Waals surface area contributed by atoms with Gasteiger partial charge in [-0.15, -0.1) is 23.1 Å². The number of benzene rings is 4. The molecule has 5 rings (SSSR count). The van der Waals surface area contributed by atoms with E-state index in [0.29, 0.717) is 32.7 Å². The van der Waals surface area contributed by atoms with Crippen LogP contribution in [0.2, 0.25) is 5.02 Å². The molecule has 1 aromatic heterocycles. The highest BCUT2D eigenvalue weighted by Gasteiger charge is 2.18. The summed E-state index contributed by atoms with van der Waals surface area (Å²) in [6, 6.07) is 30.3. The fourth-order valence-electron chi connectivity index (χ4n) is 4.26. The number of carbonyl (C=O) groups is 3. The summed E-state index contributed by atoms with van der Waals surface area (Å²) in [5.74, 6) is -0.388. The lowest BCUT2D eigenvalue weighted by Crippen LogP contribution is -2.30. The van der Waals surface area contributed by atoms with E-state index in [2.05, 4.69) is 20.9 Å². The monoisotopic (exact) mass is 668 g/mol. The molecule has 3 N–H and O–H groups in total. The maximum atomic E-state index is 13.3. The van der Waals surface area contributed by atoms with Gasteiger partial charge in [-0.1, -0.05) is 54.1 Å². The normalized spacial score (nSPS) is 11.8. The second kappa shape index (κ2) is 15.4. The molecule has 0 saturated carbocycles. The Morgan fingerprint density at radius 2 is 1.59 bits per heavy atom. The van der Waals surface area contributed by atoms with Crippen molar-refractivity contribution in [3.8, 4) is 17.0 Å². The zero-order valence-electron chi connectivity index (χ0n) is 24.8. The molecule has 5 aromatic rings. The van der Waals surface area contributed by atoms with Crippen molar-refractivity contribution in [2.24, 2.45) is 0 Å². The van der Waals surface area contributed by atoms with Crippen molar-refractivity contribution in [3.05, 3.63) is 130 Å². The number of amides is 3. The van der Waals surface area contributed by atoms with Crippen molar-refractivity contribution < 1.29 is 19.1 Å². The number of carbonyl (C=O) groups excluding carboxylic acids is 3. The lowest BCUT2D eigenvalue weighted by atomic mass is 10.1. The molecule has 0 aliphatic heterocycles. The van der Waals surface area contributed by atoms with E-state index in [0.717, 1.165) is 16.2 Å². The van der Waals surface area contributed by atoms with Gasteiger partial charge in [0.2, 0.25) is 5.91 Å². The van der Waals surface area contributed by atoms with Gasteiger partial charge >= 0.3 is 0 Å². The standard InChI is InChI=1S/C35H29ClN4O4S2/c1-22(32(41)40-35-39-30(21-45-35)28-10-6-7-11-31(28)44-2)46-27-18-16-26(17-19-27)37-34(43)29(20-23-12-14-25(36)15-13-23)38-33(42)24-8-4-3-5-9-24/h3-22H,1-2H3,(H,37,43)(H,38,42)(H,39,40,41)/b29-20-. The number of ether oxygens (including phenoxy) is 1. The van der Waals surface area contributed by atoms with E-state index in [4.69, 9.17) is 16.3 Å². The first kappa shape index (κ1) is 32.5. The van der Waals surface area contributed by atoms with E-state index in [-0.39, 0.29) is 11.6 Å². The molecule has 232 valence electrons. The minimum atomic E-state index is -0.497. The molecule has 0 spiro atoms. The van der Waals surface area contributed by atoms with Crippen LogP contribution in [0.4, 0.5) is 10.8 Å². The molecular weight excluding hydrogens is 640 g/mol. The van der Waals surface area contributed by atoms with Gasteiger partial charge in [0.05, 0.1) is 18.1 Å². The lowest BCUT2D eigenvalue weighted by Gasteiger charge is -2.13. The molecule has 1 unspecified atom stereocenters. The number of nitrogens with zero attached hydrogens (tertiary/aromatic N) is 1. The van der Waals surface area contributed by atoms with Gasteiger partial charge in [-0.3, -0.25) is 14.4 Å². The van der Waals surface area contributed by atoms with Crippen molar-refractivity contribution in [2.75, 3.05) is 17.7 Å². The maximum absolute atomic E-state index is 13.3. The Kier molecular flexibility index (Phi) is 10.9. The van der Waals surface area contributed by atoms with E-state index in [1.165, 1.54) is 23.1 Å². The van der Waals surface area contributed by atoms with Gasteiger partial charge in [0.15, 0.2) is 5.13 Å². The van der Waals surface area contributed by atoms with E-state index in [1.807, 2.05) is 54.8 Å². The Labute approximate surface area is 279 Å². The largest absolute Gasteiger partial charge is 0.496 e. The molecular formula is C35H29ClN4O4S2. The van der Waals surface area contributed by atoms with Crippen molar-refractivity contribution in [1.29, 1.82) is 0 Å². The van der Waals surface area contributed by atoms with Crippen LogP contribution in [-0.4, -0.2) is 35.1 Å². The molecule has 1 heterocycles. The molecule has 8 nitrogen and oxygen atoms in total. The third kappa shape index (κ3) is 8.63. The molecule has 4 aromatic carbocycles. The third-order valence-electron chi connectivity index (χ3n) is 6.62. The molecule has 46 heavy (non-hydrogen) atoms. The van der Waals surface area contributed by atoms with E-state index < -0.39 is 17.1 Å². The first-order valence-electron chi connectivity index (χ1n) is 14.1. The average Bonchev–Trinajstić information content (AvgIpc) is 3.54. The number of thiazole rings is 1. The Morgan fingerprint density at radius 3 is 2.30 bits per heavy atom.